The molecule has 8 heteroatoms. The van der Waals surface area contributed by atoms with Crippen molar-refractivity contribution in [3.8, 4) is 0 Å². The van der Waals surface area contributed by atoms with Gasteiger partial charge in [-0.05, 0) is 22.6 Å². The molecular weight excluding hydrogens is 380 g/mol. The molecule has 1 aromatic carbocycles. The molecule has 110 valence electrons. The molecule has 2 rings (SSSR count). The highest BCUT2D eigenvalue weighted by atomic mass is 127. The Hall–Kier alpha value is -1.00. The summed E-state index contributed by atoms with van der Waals surface area (Å²) in [6.07, 6.45) is 0. The summed E-state index contributed by atoms with van der Waals surface area (Å²) in [7, 11) is 0. The van der Waals surface area contributed by atoms with Crippen molar-refractivity contribution in [1.29, 1.82) is 0 Å². The van der Waals surface area contributed by atoms with Crippen LogP contribution in [0.15, 0.2) is 12.1 Å². The zero-order chi connectivity index (χ0) is 14.7. The van der Waals surface area contributed by atoms with E-state index in [9.17, 15) is 14.5 Å². The van der Waals surface area contributed by atoms with Crippen molar-refractivity contribution in [2.45, 2.75) is 0 Å². The van der Waals surface area contributed by atoms with Gasteiger partial charge in [0.25, 0.3) is 5.69 Å². The molecule has 0 atom stereocenters. The lowest BCUT2D eigenvalue weighted by molar-refractivity contribution is -0.384. The van der Waals surface area contributed by atoms with Gasteiger partial charge < -0.3 is 10.0 Å². The summed E-state index contributed by atoms with van der Waals surface area (Å²) in [5.41, 5.74) is 0.267. The Kier molecular flexibility index (Phi) is 5.11. The van der Waals surface area contributed by atoms with Crippen LogP contribution in [0.5, 0.6) is 0 Å². The van der Waals surface area contributed by atoms with E-state index in [1.54, 1.807) is 22.6 Å². The zero-order valence-corrected chi connectivity index (χ0v) is 12.9. The maximum atomic E-state index is 13.7. The van der Waals surface area contributed by atoms with Gasteiger partial charge in [-0.15, -0.1) is 0 Å². The molecule has 0 spiro atoms. The van der Waals surface area contributed by atoms with E-state index in [4.69, 9.17) is 5.11 Å². The van der Waals surface area contributed by atoms with Crippen molar-refractivity contribution in [3.05, 3.63) is 31.6 Å². The normalized spacial score (nSPS) is 16.4. The highest BCUT2D eigenvalue weighted by Crippen LogP contribution is 2.32. The molecule has 0 aromatic heterocycles. The van der Waals surface area contributed by atoms with Crippen molar-refractivity contribution < 1.29 is 14.4 Å². The van der Waals surface area contributed by atoms with Gasteiger partial charge in [0.05, 0.1) is 15.1 Å². The number of anilines is 1. The van der Waals surface area contributed by atoms with E-state index in [-0.39, 0.29) is 15.9 Å². The Morgan fingerprint density at radius 3 is 2.55 bits per heavy atom. The van der Waals surface area contributed by atoms with Gasteiger partial charge in [-0.1, -0.05) is 0 Å². The van der Waals surface area contributed by atoms with Crippen LogP contribution in [0.25, 0.3) is 0 Å². The minimum Gasteiger partial charge on any atom is -0.395 e. The molecule has 0 saturated carbocycles. The second-order valence-corrected chi connectivity index (χ2v) is 5.73. The molecule has 1 fully saturated rings. The lowest BCUT2D eigenvalue weighted by Crippen LogP contribution is -2.47. The average molecular weight is 395 g/mol. The Balaban J connectivity index is 2.21. The van der Waals surface area contributed by atoms with Gasteiger partial charge in [0.15, 0.2) is 0 Å². The van der Waals surface area contributed by atoms with Crippen molar-refractivity contribution in [3.63, 3.8) is 0 Å². The van der Waals surface area contributed by atoms with Crippen LogP contribution in [-0.2, 0) is 0 Å². The molecule has 1 aliphatic rings. The molecule has 1 heterocycles. The number of benzene rings is 1. The predicted octanol–water partition coefficient (Wildman–Crippen LogP) is 1.45. The van der Waals surface area contributed by atoms with E-state index in [2.05, 4.69) is 4.90 Å². The fraction of sp³-hybridized carbons (Fsp3) is 0.500. The van der Waals surface area contributed by atoms with Crippen molar-refractivity contribution in [2.75, 3.05) is 44.2 Å². The van der Waals surface area contributed by atoms with E-state index in [0.29, 0.717) is 38.4 Å². The molecule has 0 aliphatic carbocycles. The number of β-amino-alcohol motifs (C(OH)–C–C–N with tert-alkyl or cyclic N) is 1. The van der Waals surface area contributed by atoms with Crippen LogP contribution in [0.3, 0.4) is 0 Å². The maximum absolute atomic E-state index is 13.7. The van der Waals surface area contributed by atoms with Gasteiger partial charge in [0, 0.05) is 44.9 Å². The SMILES string of the molecule is O=[N+]([O-])c1cc(I)c(F)cc1N1CCN(CCO)CC1. The molecule has 6 nitrogen and oxygen atoms in total. The van der Waals surface area contributed by atoms with Crippen LogP contribution < -0.4 is 4.90 Å². The van der Waals surface area contributed by atoms with Gasteiger partial charge in [-0.2, -0.15) is 0 Å². The number of rotatable bonds is 4. The van der Waals surface area contributed by atoms with Gasteiger partial charge in [-0.3, -0.25) is 15.0 Å². The maximum Gasteiger partial charge on any atom is 0.293 e. The zero-order valence-electron chi connectivity index (χ0n) is 10.8. The Bertz CT molecular complexity index is 507. The minimum atomic E-state index is -0.475. The number of aliphatic hydroxyl groups is 1. The van der Waals surface area contributed by atoms with E-state index in [1.807, 2.05) is 4.90 Å². The second-order valence-electron chi connectivity index (χ2n) is 4.56. The van der Waals surface area contributed by atoms with Crippen LogP contribution >= 0.6 is 22.6 Å². The third-order valence-electron chi connectivity index (χ3n) is 3.34. The highest BCUT2D eigenvalue weighted by molar-refractivity contribution is 14.1. The molecule has 20 heavy (non-hydrogen) atoms. The molecule has 1 aromatic rings. The summed E-state index contributed by atoms with van der Waals surface area (Å²) >= 11 is 1.75. The largest absolute Gasteiger partial charge is 0.395 e. The smallest absolute Gasteiger partial charge is 0.293 e. The standard InChI is InChI=1S/C12H15FIN3O3/c13-9-7-11(12(17(19)20)8-10(9)14)16-3-1-15(2-4-16)5-6-18/h7-8,18H,1-6H2. The van der Waals surface area contributed by atoms with Crippen molar-refractivity contribution >= 4 is 34.0 Å². The molecule has 0 radical (unpaired) electrons. The number of piperazine rings is 1. The van der Waals surface area contributed by atoms with E-state index < -0.39 is 10.7 Å². The molecule has 1 N–H and O–H groups in total. The predicted molar refractivity (Wildman–Crippen MR) is 81.5 cm³/mol. The first-order valence-electron chi connectivity index (χ1n) is 6.24. The monoisotopic (exact) mass is 395 g/mol. The summed E-state index contributed by atoms with van der Waals surface area (Å²) in [5.74, 6) is -0.441. The Morgan fingerprint density at radius 2 is 2.00 bits per heavy atom. The topological polar surface area (TPSA) is 69.9 Å². The van der Waals surface area contributed by atoms with Crippen molar-refractivity contribution in [2.24, 2.45) is 0 Å². The van der Waals surface area contributed by atoms with Gasteiger partial charge in [0.2, 0.25) is 0 Å². The van der Waals surface area contributed by atoms with Crippen LogP contribution in [0.4, 0.5) is 15.8 Å². The quantitative estimate of drug-likeness (QED) is 0.475. The fourth-order valence-electron chi connectivity index (χ4n) is 2.28. The Morgan fingerprint density at radius 1 is 1.35 bits per heavy atom. The lowest BCUT2D eigenvalue weighted by Gasteiger charge is -2.35. The number of nitro groups is 1. The highest BCUT2D eigenvalue weighted by Gasteiger charge is 2.25. The van der Waals surface area contributed by atoms with Crippen LogP contribution in [0, 0.1) is 19.5 Å². The molecule has 0 bridgehead atoms. The average Bonchev–Trinajstić information content (AvgIpc) is 2.42. The van der Waals surface area contributed by atoms with E-state index in [1.165, 1.54) is 12.1 Å². The number of nitro benzene ring substituents is 1. The first kappa shape index (κ1) is 15.4. The number of aliphatic hydroxyl groups excluding tert-OH is 1. The third-order valence-corrected chi connectivity index (χ3v) is 4.17. The van der Waals surface area contributed by atoms with Crippen LogP contribution in [0.1, 0.15) is 0 Å². The second kappa shape index (κ2) is 6.64. The summed E-state index contributed by atoms with van der Waals surface area (Å²) in [4.78, 5) is 14.5. The summed E-state index contributed by atoms with van der Waals surface area (Å²) in [5, 5.41) is 20.0. The van der Waals surface area contributed by atoms with Gasteiger partial charge in [0.1, 0.15) is 11.5 Å². The van der Waals surface area contributed by atoms with E-state index >= 15 is 0 Å². The molecule has 1 aliphatic heterocycles. The van der Waals surface area contributed by atoms with Gasteiger partial charge >= 0.3 is 0 Å². The number of nitrogens with zero attached hydrogens (tertiary/aromatic N) is 3. The van der Waals surface area contributed by atoms with Crippen molar-refractivity contribution in [1.82, 2.24) is 4.90 Å². The fourth-order valence-corrected chi connectivity index (χ4v) is 2.73. The lowest BCUT2D eigenvalue weighted by atomic mass is 10.2. The van der Waals surface area contributed by atoms with E-state index in [0.717, 1.165) is 0 Å². The summed E-state index contributed by atoms with van der Waals surface area (Å²) in [6.45, 7) is 3.26. The van der Waals surface area contributed by atoms with Gasteiger partial charge in [-0.25, -0.2) is 4.39 Å². The number of hydrogen-bond donors (Lipinski definition) is 1. The number of halogens is 2. The summed E-state index contributed by atoms with van der Waals surface area (Å²) in [6, 6.07) is 2.51. The van der Waals surface area contributed by atoms with Crippen LogP contribution in [-0.4, -0.2) is 54.3 Å². The first-order chi connectivity index (χ1) is 9.52. The number of hydrogen-bond acceptors (Lipinski definition) is 5. The third kappa shape index (κ3) is 3.36. The molecular formula is C12H15FIN3O3. The molecule has 0 unspecified atom stereocenters. The minimum absolute atomic E-state index is 0.0635. The Labute approximate surface area is 129 Å². The molecule has 0 amide bonds. The first-order valence-corrected chi connectivity index (χ1v) is 7.32. The van der Waals surface area contributed by atoms with Crippen LogP contribution in [0.2, 0.25) is 0 Å². The molecule has 1 saturated heterocycles. The summed E-state index contributed by atoms with van der Waals surface area (Å²) < 4.78 is 13.9.